The Morgan fingerprint density at radius 2 is 1.82 bits per heavy atom. The van der Waals surface area contributed by atoms with Crippen molar-refractivity contribution in [2.45, 2.75) is 25.7 Å². The number of rotatable bonds is 5. The second kappa shape index (κ2) is 9.79. The molecule has 0 unspecified atom stereocenters. The van der Waals surface area contributed by atoms with E-state index in [-0.39, 0.29) is 33.7 Å². The Hall–Kier alpha value is -4.71. The Bertz CT molecular complexity index is 1910. The van der Waals surface area contributed by atoms with Crippen LogP contribution in [0.25, 0.3) is 55.2 Å². The highest BCUT2D eigenvalue weighted by atomic mass is 32.1. The van der Waals surface area contributed by atoms with E-state index in [4.69, 9.17) is 4.98 Å². The highest BCUT2D eigenvalue weighted by molar-refractivity contribution is 7.14. The number of anilines is 1. The summed E-state index contributed by atoms with van der Waals surface area (Å²) in [6.45, 7) is 0. The second-order valence-corrected chi connectivity index (χ2v) is 10.6. The molecule has 7 rings (SSSR count). The Labute approximate surface area is 229 Å². The number of pyridine rings is 3. The smallest absolute Gasteiger partial charge is 0.227 e. The number of imidazole rings is 1. The van der Waals surface area contributed by atoms with Crippen molar-refractivity contribution in [1.82, 2.24) is 34.9 Å². The number of aromatic nitrogens is 7. The fourth-order valence-electron chi connectivity index (χ4n) is 5.15. The van der Waals surface area contributed by atoms with Crippen molar-refractivity contribution in [3.63, 3.8) is 0 Å². The van der Waals surface area contributed by atoms with Gasteiger partial charge in [-0.25, -0.2) is 19.3 Å². The van der Waals surface area contributed by atoms with Crippen LogP contribution < -0.4 is 5.32 Å². The summed E-state index contributed by atoms with van der Waals surface area (Å²) in [5.41, 5.74) is 3.25. The zero-order valence-corrected chi connectivity index (χ0v) is 21.7. The lowest BCUT2D eigenvalue weighted by atomic mass is 10.1. The molecule has 1 aliphatic carbocycles. The largest absolute Gasteiger partial charge is 0.335 e. The van der Waals surface area contributed by atoms with Gasteiger partial charge in [0.2, 0.25) is 5.91 Å². The lowest BCUT2D eigenvalue weighted by molar-refractivity contribution is -0.119. The minimum Gasteiger partial charge on any atom is -0.335 e. The topological polar surface area (TPSA) is 122 Å². The fraction of sp³-hybridized carbons (Fsp3) is 0.179. The number of carbonyl (C=O) groups is 1. The van der Waals surface area contributed by atoms with E-state index in [1.54, 1.807) is 24.5 Å². The van der Waals surface area contributed by atoms with Gasteiger partial charge in [-0.15, -0.1) is 11.3 Å². The number of H-pyrrole nitrogens is 1. The Morgan fingerprint density at radius 3 is 2.65 bits per heavy atom. The van der Waals surface area contributed by atoms with Crippen LogP contribution in [0.3, 0.4) is 0 Å². The minimum absolute atomic E-state index is 0.0164. The van der Waals surface area contributed by atoms with E-state index in [1.165, 1.54) is 31.0 Å². The Kier molecular flexibility index (Phi) is 5.96. The van der Waals surface area contributed by atoms with E-state index in [2.05, 4.69) is 35.2 Å². The van der Waals surface area contributed by atoms with Gasteiger partial charge < -0.3 is 10.3 Å². The summed E-state index contributed by atoms with van der Waals surface area (Å²) in [5.74, 6) is -0.408. The molecular formula is C28H20F2N8OS. The Morgan fingerprint density at radius 1 is 0.975 bits per heavy atom. The number of halogens is 2. The third kappa shape index (κ3) is 4.26. The third-order valence-electron chi connectivity index (χ3n) is 7.08. The molecule has 1 saturated carbocycles. The maximum Gasteiger partial charge on any atom is 0.227 e. The van der Waals surface area contributed by atoms with Crippen molar-refractivity contribution < 1.29 is 13.6 Å². The molecule has 12 heteroatoms. The first-order valence-corrected chi connectivity index (χ1v) is 13.5. The highest BCUT2D eigenvalue weighted by Gasteiger charge is 2.24. The average molecular weight is 555 g/mol. The van der Waals surface area contributed by atoms with Gasteiger partial charge in [-0.05, 0) is 31.0 Å². The van der Waals surface area contributed by atoms with Crippen molar-refractivity contribution in [2.75, 3.05) is 5.32 Å². The van der Waals surface area contributed by atoms with Crippen molar-refractivity contribution in [1.29, 1.82) is 0 Å². The van der Waals surface area contributed by atoms with Gasteiger partial charge in [-0.1, -0.05) is 12.8 Å². The Balaban J connectivity index is 1.31. The van der Waals surface area contributed by atoms with Crippen LogP contribution in [0, 0.1) is 16.9 Å². The van der Waals surface area contributed by atoms with E-state index in [0.717, 1.165) is 37.0 Å². The molecule has 0 aliphatic heterocycles. The minimum atomic E-state index is -0.645. The van der Waals surface area contributed by atoms with Gasteiger partial charge in [-0.3, -0.25) is 19.7 Å². The molecule has 0 saturated heterocycles. The van der Waals surface area contributed by atoms with Crippen LogP contribution in [0.2, 0.25) is 0 Å². The van der Waals surface area contributed by atoms with E-state index >= 15 is 4.39 Å². The molecule has 0 atom stereocenters. The van der Waals surface area contributed by atoms with Gasteiger partial charge >= 0.3 is 0 Å². The van der Waals surface area contributed by atoms with Crippen LogP contribution in [0.1, 0.15) is 25.7 Å². The number of fused-ring (bicyclic) bond motifs is 2. The van der Waals surface area contributed by atoms with Crippen molar-refractivity contribution in [3.05, 3.63) is 66.5 Å². The second-order valence-electron chi connectivity index (χ2n) is 9.61. The number of aromatic amines is 1. The number of thiophene rings is 1. The molecule has 1 fully saturated rings. The van der Waals surface area contributed by atoms with Crippen molar-refractivity contribution >= 4 is 44.9 Å². The molecule has 1 aliphatic rings. The summed E-state index contributed by atoms with van der Waals surface area (Å²) >= 11 is 0.990. The monoisotopic (exact) mass is 554 g/mol. The van der Waals surface area contributed by atoms with E-state index in [0.29, 0.717) is 44.1 Å². The predicted octanol–water partition coefficient (Wildman–Crippen LogP) is 6.16. The third-order valence-corrected chi connectivity index (χ3v) is 7.99. The lowest BCUT2D eigenvalue weighted by Crippen LogP contribution is -2.20. The van der Waals surface area contributed by atoms with Crippen LogP contribution in [0.4, 0.5) is 14.5 Å². The fourth-order valence-corrected chi connectivity index (χ4v) is 5.89. The van der Waals surface area contributed by atoms with E-state index in [9.17, 15) is 9.18 Å². The summed E-state index contributed by atoms with van der Waals surface area (Å²) in [6.07, 6.45) is 12.8. The number of hydrogen-bond acceptors (Lipinski definition) is 8. The van der Waals surface area contributed by atoms with Crippen LogP contribution >= 0.6 is 11.3 Å². The zero-order chi connectivity index (χ0) is 27.2. The quantitative estimate of drug-likeness (QED) is 0.262. The molecule has 0 spiro atoms. The molecule has 40 heavy (non-hydrogen) atoms. The summed E-state index contributed by atoms with van der Waals surface area (Å²) in [6, 6.07) is 4.71. The predicted molar refractivity (Wildman–Crippen MR) is 147 cm³/mol. The lowest BCUT2D eigenvalue weighted by Gasteiger charge is -2.12. The van der Waals surface area contributed by atoms with Gasteiger partial charge in [0.1, 0.15) is 23.2 Å². The van der Waals surface area contributed by atoms with Gasteiger partial charge in [0.15, 0.2) is 16.8 Å². The summed E-state index contributed by atoms with van der Waals surface area (Å²) in [7, 11) is 0. The van der Waals surface area contributed by atoms with E-state index < -0.39 is 5.82 Å². The number of nitrogens with zero attached hydrogens (tertiary/aromatic N) is 6. The van der Waals surface area contributed by atoms with Crippen LogP contribution in [-0.2, 0) is 4.79 Å². The van der Waals surface area contributed by atoms with Crippen LogP contribution in [0.15, 0.2) is 55.5 Å². The summed E-state index contributed by atoms with van der Waals surface area (Å²) in [4.78, 5) is 42.5. The normalized spacial score (nSPS) is 13.8. The number of amides is 1. The van der Waals surface area contributed by atoms with Crippen molar-refractivity contribution in [3.8, 4) is 33.2 Å². The molecular weight excluding hydrogens is 534 g/mol. The van der Waals surface area contributed by atoms with E-state index in [1.807, 2.05) is 0 Å². The van der Waals surface area contributed by atoms with Crippen LogP contribution in [-0.4, -0.2) is 40.8 Å². The molecule has 198 valence electrons. The first kappa shape index (κ1) is 24.3. The molecule has 0 radical (unpaired) electrons. The molecule has 6 aromatic rings. The first-order chi connectivity index (χ1) is 19.5. The SMILES string of the molecule is O=C(Nc1cncc(-c2ncc3ncnc(-c4nc5c(-c6ccc(F)s6)cncc5[nH]4)c3c2F)c1)C1CCCC1. The molecule has 2 N–H and O–H groups in total. The average Bonchev–Trinajstić information content (AvgIpc) is 3.74. The van der Waals surface area contributed by atoms with Gasteiger partial charge in [0.05, 0.1) is 40.7 Å². The number of carbonyl (C=O) groups excluding carboxylic acids is 1. The molecule has 6 aromatic heterocycles. The number of nitrogens with one attached hydrogen (secondary N) is 2. The molecule has 6 heterocycles. The van der Waals surface area contributed by atoms with Crippen molar-refractivity contribution in [2.24, 2.45) is 5.92 Å². The highest BCUT2D eigenvalue weighted by Crippen LogP contribution is 2.35. The standard InChI is InChI=1S/C28H20F2N8OS/c29-21-6-5-20(40-21)17-10-32-11-19-25(17)38-27(37-19)26-22-18(34-13-35-26)12-33-24(23(22)30)15-7-16(9-31-8-15)36-28(39)14-3-1-2-4-14/h5-14H,1-4H2,(H,36,39)(H,37,38). The molecule has 0 aromatic carbocycles. The summed E-state index contributed by atoms with van der Waals surface area (Å²) in [5, 5.41) is 2.72. The molecule has 1 amide bonds. The van der Waals surface area contributed by atoms with Gasteiger partial charge in [-0.2, -0.15) is 4.39 Å². The van der Waals surface area contributed by atoms with Gasteiger partial charge in [0, 0.05) is 34.3 Å². The maximum absolute atomic E-state index is 16.2. The number of hydrogen-bond donors (Lipinski definition) is 2. The maximum atomic E-state index is 16.2. The molecule has 0 bridgehead atoms. The van der Waals surface area contributed by atoms with Gasteiger partial charge in [0.25, 0.3) is 0 Å². The zero-order valence-electron chi connectivity index (χ0n) is 20.9. The van der Waals surface area contributed by atoms with Crippen LogP contribution in [0.5, 0.6) is 0 Å². The summed E-state index contributed by atoms with van der Waals surface area (Å²) < 4.78 is 29.9. The molecule has 9 nitrogen and oxygen atoms in total. The first-order valence-electron chi connectivity index (χ1n) is 12.7.